The SMILES string of the molecule is COc1cc2c(cc1O)N=C[C@@H]1Cc3ncn(C)c3CN1C2=O.COc1cc2c(cc1OCc1cc(O)cc(COc3cc4c(cc3OC)C(=O)N3Cc5c(ncn5C)C[C@H]3C=N4)c1)N=C[C@@H]1Cc3ncn(C)c3CN1C2=O. The van der Waals surface area contributed by atoms with E-state index < -0.39 is 0 Å². The van der Waals surface area contributed by atoms with Gasteiger partial charge in [-0.05, 0) is 47.5 Å². The quantitative estimate of drug-likeness (QED) is 0.169. The number of nitrogens with zero attached hydrogens (tertiary/aromatic N) is 12. The number of imidazole rings is 3. The molecule has 0 aliphatic carbocycles. The Bertz CT molecular complexity index is 3540. The van der Waals surface area contributed by atoms with Crippen LogP contribution < -0.4 is 23.7 Å². The Morgan fingerprint density at radius 2 is 0.833 bits per heavy atom. The van der Waals surface area contributed by atoms with Crippen molar-refractivity contribution in [2.24, 2.45) is 36.1 Å². The molecular weight excluding hydrogens is 1000 g/mol. The minimum atomic E-state index is -0.217. The highest BCUT2D eigenvalue weighted by molar-refractivity contribution is 6.05. The van der Waals surface area contributed by atoms with E-state index in [4.69, 9.17) is 33.7 Å². The Kier molecular flexibility index (Phi) is 12.4. The normalized spacial score (nSPS) is 18.3. The van der Waals surface area contributed by atoms with Gasteiger partial charge in [0.1, 0.15) is 19.0 Å². The van der Waals surface area contributed by atoms with Crippen LogP contribution in [0.25, 0.3) is 0 Å². The number of rotatable bonds is 9. The van der Waals surface area contributed by atoms with E-state index in [1.807, 2.05) is 50.7 Å². The molecule has 6 aliphatic rings. The van der Waals surface area contributed by atoms with Gasteiger partial charge >= 0.3 is 0 Å². The van der Waals surface area contributed by atoms with Gasteiger partial charge in [-0.1, -0.05) is 0 Å². The second-order valence-corrected chi connectivity index (χ2v) is 19.9. The van der Waals surface area contributed by atoms with Gasteiger partial charge < -0.3 is 62.3 Å². The number of methoxy groups -OCH3 is 3. The van der Waals surface area contributed by atoms with Gasteiger partial charge in [0.2, 0.25) is 0 Å². The maximum Gasteiger partial charge on any atom is 0.257 e. The van der Waals surface area contributed by atoms with Crippen LogP contribution in [-0.4, -0.2) is 129 Å². The third kappa shape index (κ3) is 8.77. The molecule has 9 heterocycles. The number of hydrogen-bond donors (Lipinski definition) is 2. The molecule has 2 N–H and O–H groups in total. The molecule has 0 spiro atoms. The van der Waals surface area contributed by atoms with Crippen LogP contribution in [0, 0.1) is 0 Å². The lowest BCUT2D eigenvalue weighted by Gasteiger charge is -2.32. The van der Waals surface area contributed by atoms with Crippen LogP contribution in [0.2, 0.25) is 0 Å². The maximum absolute atomic E-state index is 13.8. The average molecular weight is 1060 g/mol. The molecule has 22 nitrogen and oxygen atoms in total. The average Bonchev–Trinajstić information content (AvgIpc) is 4.18. The van der Waals surface area contributed by atoms with Crippen LogP contribution in [-0.2, 0) is 73.3 Å². The van der Waals surface area contributed by atoms with Gasteiger partial charge in [0.15, 0.2) is 34.5 Å². The van der Waals surface area contributed by atoms with Crippen molar-refractivity contribution in [1.82, 2.24) is 43.4 Å². The second kappa shape index (κ2) is 19.6. The first-order chi connectivity index (χ1) is 37.7. The van der Waals surface area contributed by atoms with E-state index in [0.717, 1.165) is 34.2 Å². The summed E-state index contributed by atoms with van der Waals surface area (Å²) in [6, 6.07) is 14.3. The smallest absolute Gasteiger partial charge is 0.257 e. The zero-order chi connectivity index (χ0) is 54.1. The van der Waals surface area contributed by atoms with Crippen LogP contribution in [0.5, 0.6) is 40.2 Å². The number of ether oxygens (including phenoxy) is 5. The molecular formula is C56H54N12O10. The van der Waals surface area contributed by atoms with Crippen molar-refractivity contribution in [2.75, 3.05) is 21.3 Å². The van der Waals surface area contributed by atoms with Crippen LogP contribution in [0.3, 0.4) is 0 Å². The van der Waals surface area contributed by atoms with Crippen LogP contribution in [0.15, 0.2) is 88.6 Å². The molecule has 3 amide bonds. The van der Waals surface area contributed by atoms with E-state index in [-0.39, 0.29) is 66.3 Å². The van der Waals surface area contributed by atoms with Gasteiger partial charge in [0, 0.05) is 77.2 Å². The summed E-state index contributed by atoms with van der Waals surface area (Å²) in [5.41, 5.74) is 10.0. The third-order valence-corrected chi connectivity index (χ3v) is 15.1. The summed E-state index contributed by atoms with van der Waals surface area (Å²) in [6.45, 7) is 1.53. The predicted molar refractivity (Wildman–Crippen MR) is 284 cm³/mol. The largest absolute Gasteiger partial charge is 0.508 e. The van der Waals surface area contributed by atoms with Crippen molar-refractivity contribution < 1.29 is 48.3 Å². The predicted octanol–water partition coefficient (Wildman–Crippen LogP) is 6.02. The molecule has 0 fully saturated rings. The first kappa shape index (κ1) is 49.4. The third-order valence-electron chi connectivity index (χ3n) is 15.1. The number of hydrogen-bond acceptors (Lipinski definition) is 16. The summed E-state index contributed by atoms with van der Waals surface area (Å²) in [5.74, 6) is 1.44. The number of carbonyl (C=O) groups is 3. The number of amides is 3. The summed E-state index contributed by atoms with van der Waals surface area (Å²) in [5, 5.41) is 20.6. The van der Waals surface area contributed by atoms with Gasteiger partial charge in [-0.25, -0.2) is 15.0 Å². The van der Waals surface area contributed by atoms with E-state index >= 15 is 0 Å². The molecule has 0 unspecified atom stereocenters. The standard InChI is InChI=1S/C40H38N8O7.C16H16N4O3/c1-45-20-43-31-8-24-14-41-29-12-37(35(52-3)10-27(29)39(50)47(24)16-33(31)45)54-18-22-5-23(7-26(49)6-22)19-55-38-13-30-28(11-36(38)53-4)40(51)48-17-34-32(44-21-46(34)2)9-25(48)15-42-30;1-19-8-18-12-3-9-6-17-11-5-14(21)15(23-2)4-10(11)16(22)20(9)7-13(12)19/h5-7,10-15,20-21,24-25,49H,8-9,16-19H2,1-4H3;4-6,8-9,21H,3,7H2,1-2H3/t24-,25-;9-/m00/s1. The summed E-state index contributed by atoms with van der Waals surface area (Å²) in [6.07, 6.45) is 12.5. The van der Waals surface area contributed by atoms with E-state index in [0.29, 0.717) is 107 Å². The molecule has 3 atom stereocenters. The first-order valence-electron chi connectivity index (χ1n) is 25.2. The molecule has 0 saturated carbocycles. The highest BCUT2D eigenvalue weighted by Crippen LogP contribution is 2.42. The summed E-state index contributed by atoms with van der Waals surface area (Å²) < 4.78 is 34.7. The Morgan fingerprint density at radius 1 is 0.474 bits per heavy atom. The minimum Gasteiger partial charge on any atom is -0.508 e. The molecule has 22 heteroatoms. The Balaban J connectivity index is 0.000000220. The summed E-state index contributed by atoms with van der Waals surface area (Å²) in [4.78, 5) is 73.2. The molecule has 13 rings (SSSR count). The molecule has 0 bridgehead atoms. The molecule has 3 aromatic heterocycles. The molecule has 0 saturated heterocycles. The van der Waals surface area contributed by atoms with Crippen molar-refractivity contribution in [3.05, 3.63) is 136 Å². The fourth-order valence-electron chi connectivity index (χ4n) is 10.9. The fraction of sp³-hybridized carbons (Fsp3) is 0.304. The van der Waals surface area contributed by atoms with E-state index in [1.54, 1.807) is 85.0 Å². The lowest BCUT2D eigenvalue weighted by Crippen LogP contribution is -2.45. The zero-order valence-corrected chi connectivity index (χ0v) is 43.6. The van der Waals surface area contributed by atoms with E-state index in [1.165, 1.54) is 27.4 Å². The molecule has 78 heavy (non-hydrogen) atoms. The van der Waals surface area contributed by atoms with Gasteiger partial charge in [0.05, 0.1) is 146 Å². The Morgan fingerprint density at radius 3 is 1.21 bits per heavy atom. The number of carbonyl (C=O) groups excluding carboxylic acids is 3. The van der Waals surface area contributed by atoms with Crippen molar-refractivity contribution in [2.45, 2.75) is 70.2 Å². The van der Waals surface area contributed by atoms with Crippen molar-refractivity contribution in [3.63, 3.8) is 0 Å². The number of aryl methyl sites for hydroxylation is 3. The topological polar surface area (TPSA) is 238 Å². The number of aliphatic imine (C=N–C) groups is 3. The molecule has 0 radical (unpaired) electrons. The molecule has 6 aliphatic heterocycles. The first-order valence-corrected chi connectivity index (χ1v) is 25.2. The van der Waals surface area contributed by atoms with E-state index in [9.17, 15) is 24.6 Å². The maximum atomic E-state index is 13.8. The zero-order valence-electron chi connectivity index (χ0n) is 43.6. The summed E-state index contributed by atoms with van der Waals surface area (Å²) in [7, 11) is 10.3. The van der Waals surface area contributed by atoms with E-state index in [2.05, 4.69) is 19.9 Å². The number of phenolic OH excluding ortho intramolecular Hbond substituents is 2. The monoisotopic (exact) mass is 1050 g/mol. The lowest BCUT2D eigenvalue weighted by atomic mass is 10.0. The Labute approximate surface area is 447 Å². The number of phenols is 2. The highest BCUT2D eigenvalue weighted by Gasteiger charge is 2.38. The number of aromatic hydroxyl groups is 2. The van der Waals surface area contributed by atoms with Crippen LogP contribution in [0.1, 0.15) is 76.4 Å². The summed E-state index contributed by atoms with van der Waals surface area (Å²) >= 11 is 0. The van der Waals surface area contributed by atoms with Crippen LogP contribution in [0.4, 0.5) is 17.1 Å². The second-order valence-electron chi connectivity index (χ2n) is 19.9. The molecule has 398 valence electrons. The van der Waals surface area contributed by atoms with Crippen molar-refractivity contribution in [3.8, 4) is 40.2 Å². The van der Waals surface area contributed by atoms with Gasteiger partial charge in [-0.2, -0.15) is 0 Å². The number of benzene rings is 4. The number of aromatic nitrogens is 6. The van der Waals surface area contributed by atoms with Gasteiger partial charge in [0.25, 0.3) is 17.7 Å². The van der Waals surface area contributed by atoms with Crippen LogP contribution >= 0.6 is 0 Å². The number of fused-ring (bicyclic) bond motifs is 9. The van der Waals surface area contributed by atoms with Gasteiger partial charge in [-0.3, -0.25) is 29.4 Å². The van der Waals surface area contributed by atoms with Gasteiger partial charge in [-0.15, -0.1) is 0 Å². The highest BCUT2D eigenvalue weighted by atomic mass is 16.5. The molecule has 7 aromatic rings. The van der Waals surface area contributed by atoms with Crippen molar-refractivity contribution in [1.29, 1.82) is 0 Å². The minimum absolute atomic E-state index is 0.0268. The van der Waals surface area contributed by atoms with Crippen molar-refractivity contribution >= 4 is 53.4 Å². The molecule has 4 aromatic carbocycles. The Hall–Kier alpha value is -9.47. The lowest BCUT2D eigenvalue weighted by molar-refractivity contribution is 0.0690. The fourth-order valence-corrected chi connectivity index (χ4v) is 10.9.